The molecule has 1 saturated heterocycles. The molecule has 3 nitrogen and oxygen atoms in total. The average Bonchev–Trinajstić information content (AvgIpc) is 2.45. The van der Waals surface area contributed by atoms with Crippen molar-refractivity contribution >= 4 is 0 Å². The third kappa shape index (κ3) is 5.01. The van der Waals surface area contributed by atoms with Crippen molar-refractivity contribution in [3.63, 3.8) is 0 Å². The zero-order valence-corrected chi connectivity index (χ0v) is 13.6. The summed E-state index contributed by atoms with van der Waals surface area (Å²) in [6.45, 7) is 9.89. The molecule has 1 fully saturated rings. The number of rotatable bonds is 6. The normalized spacial score (nSPS) is 21.5. The van der Waals surface area contributed by atoms with E-state index in [0.29, 0.717) is 19.1 Å². The Balaban J connectivity index is 1.82. The summed E-state index contributed by atoms with van der Waals surface area (Å²) < 4.78 is 5.85. The Morgan fingerprint density at radius 2 is 2.10 bits per heavy atom. The number of piperidine rings is 1. The lowest BCUT2D eigenvalue weighted by atomic mass is 10.00. The fourth-order valence-electron chi connectivity index (χ4n) is 3.08. The first-order valence-corrected chi connectivity index (χ1v) is 8.18. The van der Waals surface area contributed by atoms with Crippen LogP contribution >= 0.6 is 0 Å². The standard InChI is InChI=1S/C18H29NO2/c1-14(2)17-8-4-5-9-18(17)21-13-16(20)12-19-10-6-7-15(3)11-19/h4-5,8-9,14-16,20H,6-7,10-13H2,1-3H3/t15-,16-/m0/s1. The molecule has 118 valence electrons. The predicted molar refractivity (Wildman–Crippen MR) is 86.9 cm³/mol. The van der Waals surface area contributed by atoms with Crippen molar-refractivity contribution in [2.75, 3.05) is 26.2 Å². The molecule has 1 aliphatic heterocycles. The quantitative estimate of drug-likeness (QED) is 0.873. The smallest absolute Gasteiger partial charge is 0.122 e. The lowest BCUT2D eigenvalue weighted by Crippen LogP contribution is -2.41. The number of β-amino-alcohol motifs (C(OH)–C–C–N with tert-alkyl or cyclic N) is 1. The van der Waals surface area contributed by atoms with E-state index in [-0.39, 0.29) is 0 Å². The summed E-state index contributed by atoms with van der Waals surface area (Å²) in [4.78, 5) is 2.36. The van der Waals surface area contributed by atoms with Gasteiger partial charge in [0.25, 0.3) is 0 Å². The maximum Gasteiger partial charge on any atom is 0.122 e. The van der Waals surface area contributed by atoms with Crippen LogP contribution in [0.5, 0.6) is 5.75 Å². The Bertz CT molecular complexity index is 433. The van der Waals surface area contributed by atoms with Crippen LogP contribution in [0.25, 0.3) is 0 Å². The van der Waals surface area contributed by atoms with Crippen molar-refractivity contribution in [1.29, 1.82) is 0 Å². The first-order valence-electron chi connectivity index (χ1n) is 8.18. The van der Waals surface area contributed by atoms with Gasteiger partial charge < -0.3 is 14.7 Å². The number of nitrogens with zero attached hydrogens (tertiary/aromatic N) is 1. The number of hydrogen-bond donors (Lipinski definition) is 1. The maximum absolute atomic E-state index is 10.2. The van der Waals surface area contributed by atoms with Gasteiger partial charge in [0.1, 0.15) is 18.5 Å². The fraction of sp³-hybridized carbons (Fsp3) is 0.667. The van der Waals surface area contributed by atoms with Crippen LogP contribution in [0.3, 0.4) is 0 Å². The van der Waals surface area contributed by atoms with Crippen molar-refractivity contribution in [3.8, 4) is 5.75 Å². The maximum atomic E-state index is 10.2. The molecular weight excluding hydrogens is 262 g/mol. The van der Waals surface area contributed by atoms with E-state index in [2.05, 4.69) is 31.7 Å². The van der Waals surface area contributed by atoms with Gasteiger partial charge in [0.05, 0.1) is 0 Å². The molecule has 0 bridgehead atoms. The van der Waals surface area contributed by atoms with Crippen LogP contribution in [-0.4, -0.2) is 42.4 Å². The van der Waals surface area contributed by atoms with Gasteiger partial charge in [0.2, 0.25) is 0 Å². The van der Waals surface area contributed by atoms with E-state index in [1.807, 2.05) is 18.2 Å². The Kier molecular flexibility index (Phi) is 6.07. The van der Waals surface area contributed by atoms with Crippen LogP contribution < -0.4 is 4.74 Å². The molecular formula is C18H29NO2. The lowest BCUT2D eigenvalue weighted by Gasteiger charge is -2.32. The Morgan fingerprint density at radius 3 is 2.81 bits per heavy atom. The minimum atomic E-state index is -0.421. The van der Waals surface area contributed by atoms with E-state index in [4.69, 9.17) is 4.74 Å². The molecule has 1 aromatic carbocycles. The van der Waals surface area contributed by atoms with Crippen molar-refractivity contribution in [2.45, 2.75) is 45.6 Å². The van der Waals surface area contributed by atoms with Gasteiger partial charge in [-0.1, -0.05) is 39.0 Å². The van der Waals surface area contributed by atoms with Gasteiger partial charge in [0, 0.05) is 13.1 Å². The van der Waals surface area contributed by atoms with E-state index in [1.54, 1.807) is 0 Å². The molecule has 0 saturated carbocycles. The second-order valence-corrected chi connectivity index (χ2v) is 6.66. The fourth-order valence-corrected chi connectivity index (χ4v) is 3.08. The molecule has 3 heteroatoms. The first kappa shape index (κ1) is 16.3. The first-order chi connectivity index (χ1) is 10.1. The van der Waals surface area contributed by atoms with E-state index in [0.717, 1.165) is 24.8 Å². The predicted octanol–water partition coefficient (Wildman–Crippen LogP) is 3.28. The van der Waals surface area contributed by atoms with Crippen LogP contribution in [-0.2, 0) is 0 Å². The second-order valence-electron chi connectivity index (χ2n) is 6.66. The highest BCUT2D eigenvalue weighted by atomic mass is 16.5. The van der Waals surface area contributed by atoms with Crippen molar-refractivity contribution < 1.29 is 9.84 Å². The molecule has 1 aliphatic rings. The molecule has 0 aliphatic carbocycles. The van der Waals surface area contributed by atoms with E-state index in [9.17, 15) is 5.11 Å². The summed E-state index contributed by atoms with van der Waals surface area (Å²) >= 11 is 0. The number of para-hydroxylation sites is 1. The van der Waals surface area contributed by atoms with Crippen LogP contribution in [0.4, 0.5) is 0 Å². The van der Waals surface area contributed by atoms with Gasteiger partial charge in [-0.3, -0.25) is 0 Å². The largest absolute Gasteiger partial charge is 0.491 e. The molecule has 0 radical (unpaired) electrons. The SMILES string of the molecule is CC(C)c1ccccc1OC[C@@H](O)CN1CCC[C@H](C)C1. The number of likely N-dealkylation sites (tertiary alicyclic amines) is 1. The van der Waals surface area contributed by atoms with Crippen LogP contribution in [0.1, 0.15) is 45.1 Å². The molecule has 2 rings (SSSR count). The van der Waals surface area contributed by atoms with Gasteiger partial charge in [-0.15, -0.1) is 0 Å². The molecule has 0 spiro atoms. The van der Waals surface area contributed by atoms with Crippen molar-refractivity contribution in [2.24, 2.45) is 5.92 Å². The van der Waals surface area contributed by atoms with Crippen LogP contribution in [0.15, 0.2) is 24.3 Å². The number of ether oxygens (including phenoxy) is 1. The van der Waals surface area contributed by atoms with Gasteiger partial charge in [0.15, 0.2) is 0 Å². The highest BCUT2D eigenvalue weighted by molar-refractivity contribution is 5.35. The summed E-state index contributed by atoms with van der Waals surface area (Å²) in [6.07, 6.45) is 2.13. The summed E-state index contributed by atoms with van der Waals surface area (Å²) in [6, 6.07) is 8.11. The minimum Gasteiger partial charge on any atom is -0.491 e. The molecule has 2 atom stereocenters. The molecule has 0 unspecified atom stereocenters. The monoisotopic (exact) mass is 291 g/mol. The van der Waals surface area contributed by atoms with E-state index >= 15 is 0 Å². The van der Waals surface area contributed by atoms with Gasteiger partial charge >= 0.3 is 0 Å². The van der Waals surface area contributed by atoms with E-state index in [1.165, 1.54) is 18.4 Å². The molecule has 1 heterocycles. The summed E-state index contributed by atoms with van der Waals surface area (Å²) in [7, 11) is 0. The average molecular weight is 291 g/mol. The highest BCUT2D eigenvalue weighted by Crippen LogP contribution is 2.26. The number of hydrogen-bond acceptors (Lipinski definition) is 3. The topological polar surface area (TPSA) is 32.7 Å². The third-order valence-electron chi connectivity index (χ3n) is 4.18. The molecule has 1 N–H and O–H groups in total. The van der Waals surface area contributed by atoms with Crippen molar-refractivity contribution in [3.05, 3.63) is 29.8 Å². The Morgan fingerprint density at radius 1 is 1.33 bits per heavy atom. The number of aliphatic hydroxyl groups excluding tert-OH is 1. The molecule has 0 amide bonds. The van der Waals surface area contributed by atoms with Gasteiger partial charge in [-0.25, -0.2) is 0 Å². The van der Waals surface area contributed by atoms with Crippen molar-refractivity contribution in [1.82, 2.24) is 4.90 Å². The van der Waals surface area contributed by atoms with Crippen LogP contribution in [0.2, 0.25) is 0 Å². The summed E-state index contributed by atoms with van der Waals surface area (Å²) in [5, 5.41) is 10.2. The lowest BCUT2D eigenvalue weighted by molar-refractivity contribution is 0.0534. The zero-order chi connectivity index (χ0) is 15.2. The molecule has 1 aromatic rings. The second kappa shape index (κ2) is 7.81. The summed E-state index contributed by atoms with van der Waals surface area (Å²) in [5.41, 5.74) is 1.20. The molecule has 21 heavy (non-hydrogen) atoms. The minimum absolute atomic E-state index is 0.370. The Hall–Kier alpha value is -1.06. The third-order valence-corrected chi connectivity index (χ3v) is 4.18. The van der Waals surface area contributed by atoms with Crippen LogP contribution in [0, 0.1) is 5.92 Å². The van der Waals surface area contributed by atoms with Gasteiger partial charge in [-0.2, -0.15) is 0 Å². The number of aliphatic hydroxyl groups is 1. The van der Waals surface area contributed by atoms with E-state index < -0.39 is 6.10 Å². The summed E-state index contributed by atoms with van der Waals surface area (Å²) in [5.74, 6) is 2.08. The van der Waals surface area contributed by atoms with Gasteiger partial charge in [-0.05, 0) is 42.9 Å². The highest BCUT2D eigenvalue weighted by Gasteiger charge is 2.19. The zero-order valence-electron chi connectivity index (χ0n) is 13.6. The molecule has 0 aromatic heterocycles. The Labute approximate surface area is 128 Å². The number of benzene rings is 1.